The predicted molar refractivity (Wildman–Crippen MR) is 72.5 cm³/mol. The molecule has 2 nitrogen and oxygen atoms in total. The van der Waals surface area contributed by atoms with Crippen molar-refractivity contribution in [3.63, 3.8) is 0 Å². The Kier molecular flexibility index (Phi) is 3.56. The molecular formula is C14H17BrN2. The standard InChI is InChI=1S/C14H17BrN2/c1-17(2)13(14(10-16)8-5-9-14)11-6-3-4-7-12(11)15/h3-4,6-7,13H,5,8-9H2,1-2H3. The van der Waals surface area contributed by atoms with E-state index < -0.39 is 0 Å². The van der Waals surface area contributed by atoms with Crippen molar-refractivity contribution in [1.82, 2.24) is 4.90 Å². The van der Waals surface area contributed by atoms with E-state index in [9.17, 15) is 5.26 Å². The minimum atomic E-state index is -0.201. The summed E-state index contributed by atoms with van der Waals surface area (Å²) in [6.45, 7) is 0. The van der Waals surface area contributed by atoms with Crippen molar-refractivity contribution < 1.29 is 0 Å². The van der Waals surface area contributed by atoms with Gasteiger partial charge in [0.15, 0.2) is 0 Å². The van der Waals surface area contributed by atoms with Crippen LogP contribution in [0.4, 0.5) is 0 Å². The number of hydrogen-bond acceptors (Lipinski definition) is 2. The number of rotatable bonds is 3. The Morgan fingerprint density at radius 3 is 2.41 bits per heavy atom. The molecular weight excluding hydrogens is 276 g/mol. The van der Waals surface area contributed by atoms with Gasteiger partial charge in [0.25, 0.3) is 0 Å². The quantitative estimate of drug-likeness (QED) is 0.848. The highest BCUT2D eigenvalue weighted by atomic mass is 79.9. The third kappa shape index (κ3) is 2.12. The third-order valence-electron chi connectivity index (χ3n) is 3.71. The third-order valence-corrected chi connectivity index (χ3v) is 4.43. The Balaban J connectivity index is 2.44. The summed E-state index contributed by atoms with van der Waals surface area (Å²) in [4.78, 5) is 2.17. The normalized spacial score (nSPS) is 19.5. The summed E-state index contributed by atoms with van der Waals surface area (Å²) in [6, 6.07) is 11.0. The van der Waals surface area contributed by atoms with Crippen LogP contribution in [0, 0.1) is 16.7 Å². The van der Waals surface area contributed by atoms with E-state index in [2.05, 4.69) is 53.1 Å². The molecule has 0 amide bonds. The maximum atomic E-state index is 9.52. The first-order valence-corrected chi connectivity index (χ1v) is 6.72. The summed E-state index contributed by atoms with van der Waals surface area (Å²) in [7, 11) is 4.11. The molecule has 1 aliphatic carbocycles. The van der Waals surface area contributed by atoms with Crippen LogP contribution in [0.15, 0.2) is 28.7 Å². The lowest BCUT2D eigenvalue weighted by Crippen LogP contribution is -2.41. The topological polar surface area (TPSA) is 27.0 Å². The first kappa shape index (κ1) is 12.6. The second-order valence-electron chi connectivity index (χ2n) is 5.01. The zero-order valence-electron chi connectivity index (χ0n) is 10.3. The van der Waals surface area contributed by atoms with Gasteiger partial charge in [-0.2, -0.15) is 5.26 Å². The van der Waals surface area contributed by atoms with E-state index in [4.69, 9.17) is 0 Å². The Bertz CT molecular complexity index is 444. The molecule has 1 unspecified atom stereocenters. The minimum Gasteiger partial charge on any atom is -0.301 e. The van der Waals surface area contributed by atoms with Gasteiger partial charge < -0.3 is 4.90 Å². The molecule has 0 heterocycles. The molecule has 0 saturated heterocycles. The average Bonchev–Trinajstić information content (AvgIpc) is 2.24. The Labute approximate surface area is 111 Å². The maximum Gasteiger partial charge on any atom is 0.0770 e. The fourth-order valence-corrected chi connectivity index (χ4v) is 3.27. The van der Waals surface area contributed by atoms with Crippen LogP contribution in [0.1, 0.15) is 30.9 Å². The number of nitrogens with zero attached hydrogens (tertiary/aromatic N) is 2. The molecule has 0 radical (unpaired) electrons. The van der Waals surface area contributed by atoms with Crippen LogP contribution >= 0.6 is 15.9 Å². The minimum absolute atomic E-state index is 0.178. The lowest BCUT2D eigenvalue weighted by atomic mass is 9.63. The molecule has 0 aromatic heterocycles. The highest BCUT2D eigenvalue weighted by Gasteiger charge is 2.46. The smallest absolute Gasteiger partial charge is 0.0770 e. The molecule has 1 saturated carbocycles. The van der Waals surface area contributed by atoms with Crippen LogP contribution in [0.3, 0.4) is 0 Å². The summed E-state index contributed by atoms with van der Waals surface area (Å²) in [5, 5.41) is 9.52. The fraction of sp³-hybridized carbons (Fsp3) is 0.500. The molecule has 0 bridgehead atoms. The first-order chi connectivity index (χ1) is 8.10. The van der Waals surface area contributed by atoms with Crippen molar-refractivity contribution in [3.8, 4) is 6.07 Å². The molecule has 0 spiro atoms. The average molecular weight is 293 g/mol. The van der Waals surface area contributed by atoms with Gasteiger partial charge in [-0.25, -0.2) is 0 Å². The van der Waals surface area contributed by atoms with Gasteiger partial charge in [0.2, 0.25) is 0 Å². The lowest BCUT2D eigenvalue weighted by Gasteiger charge is -2.45. The Morgan fingerprint density at radius 2 is 2.00 bits per heavy atom. The van der Waals surface area contributed by atoms with Gasteiger partial charge in [-0.3, -0.25) is 0 Å². The maximum absolute atomic E-state index is 9.52. The highest BCUT2D eigenvalue weighted by Crippen LogP contribution is 2.52. The van der Waals surface area contributed by atoms with Gasteiger partial charge in [-0.1, -0.05) is 40.5 Å². The summed E-state index contributed by atoms with van der Waals surface area (Å²) in [6.07, 6.45) is 3.18. The van der Waals surface area contributed by atoms with Crippen molar-refractivity contribution in [2.24, 2.45) is 5.41 Å². The highest BCUT2D eigenvalue weighted by molar-refractivity contribution is 9.10. The van der Waals surface area contributed by atoms with Crippen molar-refractivity contribution in [2.45, 2.75) is 25.3 Å². The lowest BCUT2D eigenvalue weighted by molar-refractivity contribution is 0.0744. The number of nitriles is 1. The molecule has 1 atom stereocenters. The zero-order valence-corrected chi connectivity index (χ0v) is 11.9. The van der Waals surface area contributed by atoms with E-state index in [-0.39, 0.29) is 11.5 Å². The summed E-state index contributed by atoms with van der Waals surface area (Å²) >= 11 is 3.60. The largest absolute Gasteiger partial charge is 0.301 e. The Morgan fingerprint density at radius 1 is 1.35 bits per heavy atom. The van der Waals surface area contributed by atoms with E-state index in [1.54, 1.807) is 0 Å². The zero-order chi connectivity index (χ0) is 12.5. The molecule has 1 aromatic carbocycles. The summed E-state index contributed by atoms with van der Waals surface area (Å²) in [5.74, 6) is 0. The van der Waals surface area contributed by atoms with Crippen LogP contribution < -0.4 is 0 Å². The number of hydrogen-bond donors (Lipinski definition) is 0. The van der Waals surface area contributed by atoms with Gasteiger partial charge >= 0.3 is 0 Å². The monoisotopic (exact) mass is 292 g/mol. The molecule has 1 aromatic rings. The van der Waals surface area contributed by atoms with Crippen LogP contribution in [0.2, 0.25) is 0 Å². The van der Waals surface area contributed by atoms with Gasteiger partial charge in [0.05, 0.1) is 17.5 Å². The molecule has 1 fully saturated rings. The number of halogens is 1. The first-order valence-electron chi connectivity index (χ1n) is 5.93. The van der Waals surface area contributed by atoms with Crippen molar-refractivity contribution in [3.05, 3.63) is 34.3 Å². The van der Waals surface area contributed by atoms with Gasteiger partial charge in [0.1, 0.15) is 0 Å². The van der Waals surface area contributed by atoms with E-state index >= 15 is 0 Å². The van der Waals surface area contributed by atoms with Gasteiger partial charge in [0, 0.05) is 4.47 Å². The molecule has 0 N–H and O–H groups in total. The SMILES string of the molecule is CN(C)C(c1ccccc1Br)C1(C#N)CCC1. The van der Waals surface area contributed by atoms with Crippen molar-refractivity contribution in [1.29, 1.82) is 5.26 Å². The molecule has 2 rings (SSSR count). The van der Waals surface area contributed by atoms with Crippen molar-refractivity contribution in [2.75, 3.05) is 14.1 Å². The van der Waals surface area contributed by atoms with E-state index in [0.717, 1.165) is 17.3 Å². The second kappa shape index (κ2) is 4.80. The van der Waals surface area contributed by atoms with Gasteiger partial charge in [-0.05, 0) is 38.6 Å². The Hall–Kier alpha value is -0.850. The van der Waals surface area contributed by atoms with E-state index in [1.807, 2.05) is 12.1 Å². The molecule has 0 aliphatic heterocycles. The van der Waals surface area contributed by atoms with E-state index in [1.165, 1.54) is 12.0 Å². The van der Waals surface area contributed by atoms with Crippen LogP contribution in [-0.2, 0) is 0 Å². The summed E-state index contributed by atoms with van der Waals surface area (Å²) in [5.41, 5.74) is 1.02. The van der Waals surface area contributed by atoms with Crippen LogP contribution in [0.5, 0.6) is 0 Å². The second-order valence-corrected chi connectivity index (χ2v) is 5.86. The summed E-state index contributed by atoms with van der Waals surface area (Å²) < 4.78 is 1.10. The van der Waals surface area contributed by atoms with Crippen LogP contribution in [-0.4, -0.2) is 19.0 Å². The number of benzene rings is 1. The molecule has 3 heteroatoms. The van der Waals surface area contributed by atoms with Crippen molar-refractivity contribution >= 4 is 15.9 Å². The van der Waals surface area contributed by atoms with Gasteiger partial charge in [-0.15, -0.1) is 0 Å². The van der Waals surface area contributed by atoms with E-state index in [0.29, 0.717) is 0 Å². The van der Waals surface area contributed by atoms with Crippen LogP contribution in [0.25, 0.3) is 0 Å². The molecule has 17 heavy (non-hydrogen) atoms. The molecule has 1 aliphatic rings. The fourth-order valence-electron chi connectivity index (χ4n) is 2.77. The molecule has 90 valence electrons. The predicted octanol–water partition coefficient (Wildman–Crippen LogP) is 3.75.